The number of halogens is 1. The Bertz CT molecular complexity index is 550. The van der Waals surface area contributed by atoms with Gasteiger partial charge in [-0.25, -0.2) is 0 Å². The molecule has 0 aliphatic heterocycles. The molecule has 2 heteroatoms. The molecule has 2 aromatic rings. The second-order valence-corrected chi connectivity index (χ2v) is 6.62. The highest BCUT2D eigenvalue weighted by atomic mass is 35.5. The maximum absolute atomic E-state index is 5.64. The Labute approximate surface area is 132 Å². The molecule has 0 spiro atoms. The molecule has 0 fully saturated rings. The maximum Gasteiger partial charge on any atom is 0.119 e. The zero-order chi connectivity index (χ0) is 15.3. The van der Waals surface area contributed by atoms with Crippen LogP contribution >= 0.6 is 11.6 Å². The molecular formula is C19H23ClO. The molecule has 0 aliphatic carbocycles. The lowest BCUT2D eigenvalue weighted by atomic mass is 9.86. The number of benzene rings is 2. The monoisotopic (exact) mass is 302 g/mol. The summed E-state index contributed by atoms with van der Waals surface area (Å²) in [7, 11) is 0. The molecule has 0 radical (unpaired) electrons. The SMILES string of the molecule is CC(C)(C)c1ccc(-c2ccc(OCCCCl)cc2)cc1. The minimum absolute atomic E-state index is 0.193. The minimum atomic E-state index is 0.193. The number of hydrogen-bond acceptors (Lipinski definition) is 1. The molecule has 0 saturated carbocycles. The van der Waals surface area contributed by atoms with Gasteiger partial charge in [0.25, 0.3) is 0 Å². The van der Waals surface area contributed by atoms with Gasteiger partial charge in [0.1, 0.15) is 5.75 Å². The fourth-order valence-electron chi connectivity index (χ4n) is 2.15. The van der Waals surface area contributed by atoms with Crippen LogP contribution in [-0.2, 0) is 5.41 Å². The van der Waals surface area contributed by atoms with E-state index in [9.17, 15) is 0 Å². The van der Waals surface area contributed by atoms with Crippen LogP contribution in [0.5, 0.6) is 5.75 Å². The zero-order valence-corrected chi connectivity index (χ0v) is 13.8. The van der Waals surface area contributed by atoms with Gasteiger partial charge in [0.05, 0.1) is 6.61 Å². The van der Waals surface area contributed by atoms with Gasteiger partial charge < -0.3 is 4.74 Å². The summed E-state index contributed by atoms with van der Waals surface area (Å²) >= 11 is 5.64. The molecule has 2 rings (SSSR count). The number of rotatable bonds is 5. The molecule has 2 aromatic carbocycles. The van der Waals surface area contributed by atoms with Crippen LogP contribution in [0.25, 0.3) is 11.1 Å². The van der Waals surface area contributed by atoms with E-state index < -0.39 is 0 Å². The lowest BCUT2D eigenvalue weighted by Gasteiger charge is -2.19. The molecule has 112 valence electrons. The number of alkyl halides is 1. The van der Waals surface area contributed by atoms with Crippen molar-refractivity contribution in [3.63, 3.8) is 0 Å². The van der Waals surface area contributed by atoms with Crippen LogP contribution in [0, 0.1) is 0 Å². The Morgan fingerprint density at radius 2 is 1.38 bits per heavy atom. The van der Waals surface area contributed by atoms with Crippen molar-refractivity contribution >= 4 is 11.6 Å². The van der Waals surface area contributed by atoms with E-state index in [1.807, 2.05) is 12.1 Å². The average Bonchev–Trinajstić information content (AvgIpc) is 2.48. The maximum atomic E-state index is 5.64. The van der Waals surface area contributed by atoms with Crippen LogP contribution < -0.4 is 4.74 Å². The second-order valence-electron chi connectivity index (χ2n) is 6.24. The molecule has 0 amide bonds. The molecule has 1 nitrogen and oxygen atoms in total. The average molecular weight is 303 g/mol. The summed E-state index contributed by atoms with van der Waals surface area (Å²) in [4.78, 5) is 0. The lowest BCUT2D eigenvalue weighted by molar-refractivity contribution is 0.318. The second kappa shape index (κ2) is 7.00. The molecule has 0 heterocycles. The Balaban J connectivity index is 2.08. The van der Waals surface area contributed by atoms with E-state index in [2.05, 4.69) is 57.2 Å². The van der Waals surface area contributed by atoms with Gasteiger partial charge in [0, 0.05) is 5.88 Å². The van der Waals surface area contributed by atoms with Crippen LogP contribution in [0.3, 0.4) is 0 Å². The van der Waals surface area contributed by atoms with E-state index in [1.54, 1.807) is 0 Å². The normalized spacial score (nSPS) is 11.4. The summed E-state index contributed by atoms with van der Waals surface area (Å²) in [5, 5.41) is 0. The Kier molecular flexibility index (Phi) is 5.30. The number of ether oxygens (including phenoxy) is 1. The first-order valence-electron chi connectivity index (χ1n) is 7.40. The first-order chi connectivity index (χ1) is 10.0. The molecule has 0 bridgehead atoms. The van der Waals surface area contributed by atoms with Crippen molar-refractivity contribution < 1.29 is 4.74 Å². The molecular weight excluding hydrogens is 280 g/mol. The van der Waals surface area contributed by atoms with Gasteiger partial charge >= 0.3 is 0 Å². The largest absolute Gasteiger partial charge is 0.494 e. The van der Waals surface area contributed by atoms with Crippen LogP contribution in [0.15, 0.2) is 48.5 Å². The van der Waals surface area contributed by atoms with Crippen molar-refractivity contribution in [2.24, 2.45) is 0 Å². The Morgan fingerprint density at radius 1 is 0.857 bits per heavy atom. The first-order valence-corrected chi connectivity index (χ1v) is 7.94. The molecule has 0 saturated heterocycles. The van der Waals surface area contributed by atoms with Crippen LogP contribution in [0.4, 0.5) is 0 Å². The lowest BCUT2D eigenvalue weighted by Crippen LogP contribution is -2.10. The van der Waals surface area contributed by atoms with Gasteiger partial charge in [-0.15, -0.1) is 11.6 Å². The zero-order valence-electron chi connectivity index (χ0n) is 13.0. The fourth-order valence-corrected chi connectivity index (χ4v) is 2.26. The van der Waals surface area contributed by atoms with Crippen molar-refractivity contribution in [3.05, 3.63) is 54.1 Å². The van der Waals surface area contributed by atoms with Gasteiger partial charge in [0.15, 0.2) is 0 Å². The van der Waals surface area contributed by atoms with Gasteiger partial charge in [-0.3, -0.25) is 0 Å². The molecule has 0 unspecified atom stereocenters. The van der Waals surface area contributed by atoms with Gasteiger partial charge in [0.2, 0.25) is 0 Å². The highest BCUT2D eigenvalue weighted by molar-refractivity contribution is 6.17. The van der Waals surface area contributed by atoms with Gasteiger partial charge in [-0.1, -0.05) is 57.2 Å². The Hall–Kier alpha value is -1.47. The molecule has 0 aromatic heterocycles. The van der Waals surface area contributed by atoms with E-state index in [4.69, 9.17) is 16.3 Å². The fraction of sp³-hybridized carbons (Fsp3) is 0.368. The highest BCUT2D eigenvalue weighted by Crippen LogP contribution is 2.27. The van der Waals surface area contributed by atoms with E-state index in [0.29, 0.717) is 12.5 Å². The minimum Gasteiger partial charge on any atom is -0.494 e. The van der Waals surface area contributed by atoms with Crippen LogP contribution in [0.1, 0.15) is 32.8 Å². The highest BCUT2D eigenvalue weighted by Gasteiger charge is 2.12. The molecule has 21 heavy (non-hydrogen) atoms. The van der Waals surface area contributed by atoms with Crippen molar-refractivity contribution in [3.8, 4) is 16.9 Å². The van der Waals surface area contributed by atoms with Crippen molar-refractivity contribution in [2.75, 3.05) is 12.5 Å². The third kappa shape index (κ3) is 4.50. The van der Waals surface area contributed by atoms with Gasteiger partial charge in [-0.2, -0.15) is 0 Å². The summed E-state index contributed by atoms with van der Waals surface area (Å²) in [5.74, 6) is 1.54. The van der Waals surface area contributed by atoms with Crippen molar-refractivity contribution in [2.45, 2.75) is 32.6 Å². The van der Waals surface area contributed by atoms with E-state index in [1.165, 1.54) is 16.7 Å². The summed E-state index contributed by atoms with van der Waals surface area (Å²) in [6, 6.07) is 17.0. The standard InChI is InChI=1S/C19H23ClO/c1-19(2,3)17-9-5-15(6-10-17)16-7-11-18(12-8-16)21-14-4-13-20/h5-12H,4,13-14H2,1-3H3. The quantitative estimate of drug-likeness (QED) is 0.511. The summed E-state index contributed by atoms with van der Waals surface area (Å²) in [6.45, 7) is 7.36. The van der Waals surface area contributed by atoms with Crippen LogP contribution in [0.2, 0.25) is 0 Å². The summed E-state index contributed by atoms with van der Waals surface area (Å²) in [5.41, 5.74) is 3.99. The van der Waals surface area contributed by atoms with Crippen LogP contribution in [-0.4, -0.2) is 12.5 Å². The summed E-state index contributed by atoms with van der Waals surface area (Å²) < 4.78 is 5.62. The molecule has 0 aliphatic rings. The first kappa shape index (κ1) is 15.9. The van der Waals surface area contributed by atoms with Crippen molar-refractivity contribution in [1.82, 2.24) is 0 Å². The summed E-state index contributed by atoms with van der Waals surface area (Å²) in [6.07, 6.45) is 0.873. The van der Waals surface area contributed by atoms with E-state index in [-0.39, 0.29) is 5.41 Å². The van der Waals surface area contributed by atoms with E-state index >= 15 is 0 Å². The molecule has 0 N–H and O–H groups in total. The number of hydrogen-bond donors (Lipinski definition) is 0. The smallest absolute Gasteiger partial charge is 0.119 e. The molecule has 0 atom stereocenters. The predicted octanol–water partition coefficient (Wildman–Crippen LogP) is 5.66. The van der Waals surface area contributed by atoms with Gasteiger partial charge in [-0.05, 0) is 40.7 Å². The predicted molar refractivity (Wildman–Crippen MR) is 91.4 cm³/mol. The van der Waals surface area contributed by atoms with Crippen molar-refractivity contribution in [1.29, 1.82) is 0 Å². The third-order valence-electron chi connectivity index (χ3n) is 3.49. The van der Waals surface area contributed by atoms with E-state index in [0.717, 1.165) is 12.2 Å². The third-order valence-corrected chi connectivity index (χ3v) is 3.75. The topological polar surface area (TPSA) is 9.23 Å². The Morgan fingerprint density at radius 3 is 1.86 bits per heavy atom.